The fraction of sp³-hybridized carbons (Fsp3) is 0.557. The molecule has 24 heteroatoms. The molecule has 2 heterocycles. The molecule has 5 aliphatic rings. The minimum atomic E-state index is -1.66. The van der Waals surface area contributed by atoms with E-state index < -0.39 is 108 Å². The highest BCUT2D eigenvalue weighted by atomic mass is 33.1. The lowest BCUT2D eigenvalue weighted by Gasteiger charge is -2.58. The predicted octanol–water partition coefficient (Wildman–Crippen LogP) is 3.92. The molecule has 16 atom stereocenters. The van der Waals surface area contributed by atoms with Crippen LogP contribution in [-0.2, 0) is 62.4 Å². The second kappa shape index (κ2) is 33.6. The highest BCUT2D eigenvalue weighted by Crippen LogP contribution is 2.66. The monoisotopic (exact) mass is 1330 g/mol. The first-order chi connectivity index (χ1) is 44.9. The molecule has 4 fully saturated rings. The van der Waals surface area contributed by atoms with Gasteiger partial charge in [0.25, 0.3) is 0 Å². The first-order valence-electron chi connectivity index (χ1n) is 33.1. The average molecular weight is 1330 g/mol. The number of nitrogens with one attached hydrogen (secondary N) is 8. The van der Waals surface area contributed by atoms with Crippen molar-refractivity contribution in [2.45, 2.75) is 185 Å². The van der Waals surface area contributed by atoms with Crippen LogP contribution in [0.1, 0.15) is 122 Å². The van der Waals surface area contributed by atoms with Crippen LogP contribution in [0.15, 0.2) is 103 Å². The van der Waals surface area contributed by atoms with Crippen LogP contribution in [0.3, 0.4) is 0 Å². The van der Waals surface area contributed by atoms with Crippen molar-refractivity contribution in [3.8, 4) is 0 Å². The van der Waals surface area contributed by atoms with Gasteiger partial charge in [0, 0.05) is 53.8 Å². The maximum Gasteiger partial charge on any atom is 0.245 e. The largest absolute Gasteiger partial charge is 0.394 e. The first-order valence-corrected chi connectivity index (χ1v) is 35.6. The number of aliphatic hydroxyl groups is 3. The Balaban J connectivity index is 0.000000407. The molecule has 0 spiro atoms. The summed E-state index contributed by atoms with van der Waals surface area (Å²) in [4.78, 5) is 127. The summed E-state index contributed by atoms with van der Waals surface area (Å²) < 4.78 is 0. The van der Waals surface area contributed by atoms with Gasteiger partial charge in [-0.1, -0.05) is 120 Å². The van der Waals surface area contributed by atoms with Crippen LogP contribution in [0.4, 0.5) is 0 Å². The van der Waals surface area contributed by atoms with E-state index in [1.165, 1.54) is 45.1 Å². The Morgan fingerprint density at radius 2 is 1.34 bits per heavy atom. The molecule has 0 radical (unpaired) electrons. The molecule has 1 saturated heterocycles. The molecule has 1 aromatic heterocycles. The van der Waals surface area contributed by atoms with E-state index in [1.807, 2.05) is 36.4 Å². The second-order valence-corrected chi connectivity index (χ2v) is 29.3. The lowest BCUT2D eigenvalue weighted by Crippen LogP contribution is -2.62. The normalized spacial score (nSPS) is 29.2. The molecular weight excluding hydrogens is 1240 g/mol. The summed E-state index contributed by atoms with van der Waals surface area (Å²) in [6.45, 7) is 8.87. The molecular formula is C70H96N10O12S2. The zero-order valence-electron chi connectivity index (χ0n) is 54.5. The van der Waals surface area contributed by atoms with Crippen LogP contribution < -0.4 is 48.7 Å². The Hall–Kier alpha value is -6.93. The summed E-state index contributed by atoms with van der Waals surface area (Å²) in [7, 11) is 2.06. The number of rotatable bonds is 18. The van der Waals surface area contributed by atoms with E-state index in [4.69, 9.17) is 11.5 Å². The highest BCUT2D eigenvalue weighted by Gasteiger charge is 2.59. The number of Topliss-reactive ketones (excluding diaryl/α,β-unsaturated/α-hetero) is 1. The number of amides is 7. The van der Waals surface area contributed by atoms with Crippen LogP contribution in [0.5, 0.6) is 0 Å². The third-order valence-electron chi connectivity index (χ3n) is 20.3. The number of para-hydroxylation sites is 1. The lowest BCUT2D eigenvalue weighted by atomic mass is 9.47. The Bertz CT molecular complexity index is 3330. The van der Waals surface area contributed by atoms with Gasteiger partial charge in [-0.05, 0) is 155 Å². The van der Waals surface area contributed by atoms with Crippen LogP contribution in [0.2, 0.25) is 0 Å². The zero-order chi connectivity index (χ0) is 67.9. The van der Waals surface area contributed by atoms with Gasteiger partial charge in [-0.2, -0.15) is 0 Å². The fourth-order valence-corrected chi connectivity index (χ4v) is 17.3. The Labute approximate surface area is 558 Å². The van der Waals surface area contributed by atoms with E-state index in [9.17, 15) is 58.5 Å². The number of hydrogen-bond acceptors (Lipinski definition) is 16. The van der Waals surface area contributed by atoms with E-state index in [1.54, 1.807) is 67.7 Å². The maximum atomic E-state index is 14.7. The number of benzene rings is 3. The van der Waals surface area contributed by atoms with E-state index in [-0.39, 0.29) is 54.6 Å². The van der Waals surface area contributed by atoms with Crippen molar-refractivity contribution in [1.29, 1.82) is 0 Å². The Morgan fingerprint density at radius 1 is 0.702 bits per heavy atom. The highest BCUT2D eigenvalue weighted by molar-refractivity contribution is 8.76. The van der Waals surface area contributed by atoms with Crippen LogP contribution in [0.25, 0.3) is 10.9 Å². The van der Waals surface area contributed by atoms with Gasteiger partial charge in [0.05, 0.1) is 30.9 Å². The molecule has 3 aromatic carbocycles. The van der Waals surface area contributed by atoms with Gasteiger partial charge in [-0.3, -0.25) is 43.2 Å². The quantitative estimate of drug-likeness (QED) is 0.0496. The summed E-state index contributed by atoms with van der Waals surface area (Å²) in [5, 5.41) is 50.5. The Kier molecular flexibility index (Phi) is 26.1. The summed E-state index contributed by atoms with van der Waals surface area (Å²) >= 11 is 0. The van der Waals surface area contributed by atoms with Crippen LogP contribution >= 0.6 is 21.6 Å². The summed E-state index contributed by atoms with van der Waals surface area (Å²) in [5.74, 6) is -2.72. The second-order valence-electron chi connectivity index (χ2n) is 26.7. The molecule has 15 N–H and O–H groups in total. The summed E-state index contributed by atoms with van der Waals surface area (Å²) in [5.41, 5.74) is 16.9. The number of unbranched alkanes of at least 4 members (excludes halogenated alkanes) is 1. The lowest BCUT2D eigenvalue weighted by molar-refractivity contribution is -0.136. The number of hydrogen-bond donors (Lipinski definition) is 13. The number of carbonyl (C=O) groups excluding carboxylic acids is 9. The standard InChI is InChI=1S/C49H66N10O10S2.C21H30O2/c1-28(61)39(25-60)56-48(68)41-27-71-70-26-40(57-43(63)34(51)21-30-13-5-3-6-14-30)47(67)54-37(22-31-15-7-4-8-16-31)45(65)55-38(23-32-24-52-35-18-10-9-17-33(32)35)46(66)53-36(19-11-12-20-50)44(64)59-42(29(2)62)49(69)58-41;1-13(22)17-6-7-18-16-5-4-14-12-15(23)8-10-20(14,2)19(16)9-11-21(17,18)3/h3-10,13-18,24,28-29,34,36-42,52,60-62H,11-12,19-23,25-27,50-51H2,1-2H3,(H,53,66)(H,54,67)(H,55,65)(H,56,68)(H,57,63)(H,58,69)(H,59,64);12,16-19H,4-11H2,1-3H3/t28-,29?,34-,36+,37+,38-,39-,40+,41+,42+;16-,17+,18-,19-,20-,21+/m10/s1. The van der Waals surface area contributed by atoms with Gasteiger partial charge in [0.2, 0.25) is 41.4 Å². The van der Waals surface area contributed by atoms with Gasteiger partial charge in [0.1, 0.15) is 42.0 Å². The zero-order valence-corrected chi connectivity index (χ0v) is 56.2. The van der Waals surface area contributed by atoms with Crippen molar-refractivity contribution in [3.05, 3.63) is 119 Å². The van der Waals surface area contributed by atoms with Gasteiger partial charge in [0.15, 0.2) is 5.78 Å². The number of carbonyl (C=O) groups is 9. The number of ketones is 2. The van der Waals surface area contributed by atoms with Crippen molar-refractivity contribution in [1.82, 2.24) is 42.2 Å². The number of allylic oxidation sites excluding steroid dienone is 1. The molecule has 9 rings (SSSR count). The molecule has 0 bridgehead atoms. The third-order valence-corrected chi connectivity index (χ3v) is 22.7. The van der Waals surface area contributed by atoms with E-state index in [0.717, 1.165) is 81.5 Å². The molecule has 1 unspecified atom stereocenters. The molecule has 94 heavy (non-hydrogen) atoms. The van der Waals surface area contributed by atoms with Crippen LogP contribution in [0, 0.1) is 34.5 Å². The summed E-state index contributed by atoms with van der Waals surface area (Å²) in [6.07, 6.45) is 10.8. The topological polar surface area (TPSA) is 366 Å². The minimum Gasteiger partial charge on any atom is -0.394 e. The van der Waals surface area contributed by atoms with Crippen molar-refractivity contribution in [3.63, 3.8) is 0 Å². The van der Waals surface area contributed by atoms with E-state index in [0.29, 0.717) is 41.5 Å². The maximum absolute atomic E-state index is 14.7. The Morgan fingerprint density at radius 3 is 2.01 bits per heavy atom. The van der Waals surface area contributed by atoms with Crippen molar-refractivity contribution >= 4 is 85.4 Å². The number of H-pyrrole nitrogens is 1. The molecule has 1 aliphatic heterocycles. The SMILES string of the molecule is CC(=O)[C@H]1CC[C@H]2[C@@H]3CCC4=CC(=O)CC[C@]4(C)[C@H]3CC[C@]12C.CC(O)[C@@H]1NC(=O)[C@H](CCCCN)NC(=O)[C@@H](Cc2c[nH]c3ccccc23)NC(=O)[C@H](Cc2ccccc2)NC(=O)[C@@H](NC(=O)[C@H](N)Cc2ccccc2)CSSC[C@@H](C(=O)N[C@H](CO)[C@@H](C)O)NC1=O. The molecule has 7 amide bonds. The molecule has 4 aliphatic carbocycles. The van der Waals surface area contributed by atoms with Crippen LogP contribution in [-0.4, -0.2) is 158 Å². The minimum absolute atomic E-state index is 0.0340. The number of aromatic nitrogens is 1. The van der Waals surface area contributed by atoms with Crippen molar-refractivity contribution in [2.24, 2.45) is 46.0 Å². The summed E-state index contributed by atoms with van der Waals surface area (Å²) in [6, 6.07) is 14.6. The smallest absolute Gasteiger partial charge is 0.245 e. The molecule has 510 valence electrons. The number of fused-ring (bicyclic) bond motifs is 6. The number of nitrogens with two attached hydrogens (primary N) is 2. The molecule has 3 saturated carbocycles. The van der Waals surface area contributed by atoms with Gasteiger partial charge >= 0.3 is 0 Å². The van der Waals surface area contributed by atoms with E-state index in [2.05, 4.69) is 56.0 Å². The van der Waals surface area contributed by atoms with Gasteiger partial charge < -0.3 is 69.0 Å². The number of aliphatic hydroxyl groups excluding tert-OH is 3. The van der Waals surface area contributed by atoms with Crippen molar-refractivity contribution < 1.29 is 58.5 Å². The first kappa shape index (κ1) is 72.9. The molecule has 22 nitrogen and oxygen atoms in total. The van der Waals surface area contributed by atoms with E-state index >= 15 is 0 Å². The third kappa shape index (κ3) is 18.3. The van der Waals surface area contributed by atoms with Gasteiger partial charge in [-0.25, -0.2) is 0 Å². The number of aromatic amines is 1. The van der Waals surface area contributed by atoms with Gasteiger partial charge in [-0.15, -0.1) is 0 Å². The fourth-order valence-electron chi connectivity index (χ4n) is 15.0. The molecule has 4 aromatic rings. The average Bonchev–Trinajstić information content (AvgIpc) is 1.26. The van der Waals surface area contributed by atoms with Crippen molar-refractivity contribution in [2.75, 3.05) is 24.7 Å². The predicted molar refractivity (Wildman–Crippen MR) is 363 cm³/mol.